The Morgan fingerprint density at radius 3 is 1.94 bits per heavy atom. The van der Waals surface area contributed by atoms with Crippen molar-refractivity contribution in [3.8, 4) is 0 Å². The highest BCUT2D eigenvalue weighted by Crippen LogP contribution is 2.38. The molecule has 3 aromatic carbocycles. The molecule has 0 saturated carbocycles. The monoisotopic (exact) mass is 518 g/mol. The average Bonchev–Trinajstić information content (AvgIpc) is 3.02. The van der Waals surface area contributed by atoms with Gasteiger partial charge in [-0.2, -0.15) is 0 Å². The van der Waals surface area contributed by atoms with Crippen molar-refractivity contribution in [2.24, 2.45) is 0 Å². The maximum atomic E-state index is 11.4. The maximum absolute atomic E-state index is 11.4. The molecule has 3 aromatic rings. The van der Waals surface area contributed by atoms with E-state index >= 15 is 0 Å². The van der Waals surface area contributed by atoms with Crippen molar-refractivity contribution in [2.45, 2.75) is 12.8 Å². The Bertz CT molecular complexity index is 1360. The fourth-order valence-electron chi connectivity index (χ4n) is 4.92. The summed E-state index contributed by atoms with van der Waals surface area (Å²) in [4.78, 5) is 2.49. The summed E-state index contributed by atoms with van der Waals surface area (Å²) in [5.74, 6) is 0. The summed E-state index contributed by atoms with van der Waals surface area (Å²) in [6, 6.07) is 24.9. The lowest BCUT2D eigenvalue weighted by Gasteiger charge is -2.29. The summed E-state index contributed by atoms with van der Waals surface area (Å²) in [5, 5.41) is 0. The number of hydrogen-bond acceptors (Lipinski definition) is 3. The van der Waals surface area contributed by atoms with Crippen LogP contribution in [0.2, 0.25) is 0 Å². The van der Waals surface area contributed by atoms with Crippen LogP contribution in [0.3, 0.4) is 0 Å². The van der Waals surface area contributed by atoms with E-state index in [4.69, 9.17) is 0 Å². The number of piperidine rings is 1. The highest BCUT2D eigenvalue weighted by atomic mass is 35.5. The molecule has 0 atom stereocenters. The minimum atomic E-state index is -3.25. The zero-order valence-electron chi connectivity index (χ0n) is 20.4. The van der Waals surface area contributed by atoms with E-state index in [0.29, 0.717) is 5.69 Å². The van der Waals surface area contributed by atoms with Crippen LogP contribution in [0.4, 0.5) is 5.69 Å². The standard InChI is InChI=1S/C30H30N2O2S.ClH/c1-35(33,34)31-27-16-12-23(13-17-27)7-6-20-32-21-18-26(19-22-32)30-28-10-4-2-8-24(28)14-15-25-9-3-5-11-29(25)30;/h2-17,31H,18-22H2,1H3;1H. The van der Waals surface area contributed by atoms with Crippen molar-refractivity contribution < 1.29 is 8.42 Å². The van der Waals surface area contributed by atoms with Crippen LogP contribution in [0.1, 0.15) is 40.7 Å². The van der Waals surface area contributed by atoms with Crippen LogP contribution in [0.5, 0.6) is 0 Å². The van der Waals surface area contributed by atoms with Gasteiger partial charge in [0.05, 0.1) is 6.26 Å². The fourth-order valence-corrected chi connectivity index (χ4v) is 5.48. The Labute approximate surface area is 220 Å². The third kappa shape index (κ3) is 6.16. The van der Waals surface area contributed by atoms with Crippen LogP contribution in [0.25, 0.3) is 23.8 Å². The Kier molecular flexibility index (Phi) is 8.14. The van der Waals surface area contributed by atoms with Gasteiger partial charge in [0.2, 0.25) is 10.0 Å². The SMILES string of the molecule is CS(=O)(=O)Nc1ccc(C=CCN2CCC(=C3c4ccccc4C=Cc4ccccc43)CC2)cc1.Cl. The van der Waals surface area contributed by atoms with Gasteiger partial charge in [0.1, 0.15) is 0 Å². The number of anilines is 1. The van der Waals surface area contributed by atoms with Gasteiger partial charge in [-0.25, -0.2) is 8.42 Å². The number of sulfonamides is 1. The molecule has 36 heavy (non-hydrogen) atoms. The van der Waals surface area contributed by atoms with Gasteiger partial charge in [-0.15, -0.1) is 12.4 Å². The van der Waals surface area contributed by atoms with Crippen LogP contribution in [-0.4, -0.2) is 39.2 Å². The Hall–Kier alpha value is -3.12. The maximum Gasteiger partial charge on any atom is 0.229 e. The van der Waals surface area contributed by atoms with Gasteiger partial charge < -0.3 is 0 Å². The lowest BCUT2D eigenvalue weighted by atomic mass is 9.86. The lowest BCUT2D eigenvalue weighted by Crippen LogP contribution is -2.31. The molecule has 0 radical (unpaired) electrons. The molecule has 5 rings (SSSR count). The molecule has 0 unspecified atom stereocenters. The van der Waals surface area contributed by atoms with E-state index in [9.17, 15) is 8.42 Å². The van der Waals surface area contributed by atoms with E-state index in [1.807, 2.05) is 12.1 Å². The van der Waals surface area contributed by atoms with E-state index in [1.165, 1.54) is 27.8 Å². The predicted octanol–water partition coefficient (Wildman–Crippen LogP) is 6.57. The Morgan fingerprint density at radius 2 is 1.39 bits per heavy atom. The summed E-state index contributed by atoms with van der Waals surface area (Å²) in [6.07, 6.45) is 12.1. The first-order valence-electron chi connectivity index (χ1n) is 12.0. The summed E-state index contributed by atoms with van der Waals surface area (Å²) in [6.45, 7) is 2.98. The Balaban J connectivity index is 0.00000304. The zero-order chi connectivity index (χ0) is 24.3. The van der Waals surface area contributed by atoms with Gasteiger partial charge in [0.15, 0.2) is 0 Å². The average molecular weight is 519 g/mol. The van der Waals surface area contributed by atoms with E-state index < -0.39 is 10.0 Å². The van der Waals surface area contributed by atoms with Gasteiger partial charge in [-0.1, -0.05) is 90.5 Å². The van der Waals surface area contributed by atoms with Crippen LogP contribution in [0.15, 0.2) is 84.4 Å². The predicted molar refractivity (Wildman–Crippen MR) is 155 cm³/mol. The van der Waals surface area contributed by atoms with E-state index in [-0.39, 0.29) is 12.4 Å². The summed E-state index contributed by atoms with van der Waals surface area (Å²) < 4.78 is 25.2. The van der Waals surface area contributed by atoms with Crippen LogP contribution in [-0.2, 0) is 10.0 Å². The Morgan fingerprint density at radius 1 is 0.833 bits per heavy atom. The minimum absolute atomic E-state index is 0. The summed E-state index contributed by atoms with van der Waals surface area (Å²) in [5.41, 5.74) is 9.85. The molecule has 1 saturated heterocycles. The van der Waals surface area contributed by atoms with Crippen molar-refractivity contribution in [1.29, 1.82) is 0 Å². The molecular formula is C30H31ClN2O2S. The lowest BCUT2D eigenvalue weighted by molar-refractivity contribution is 0.284. The number of benzene rings is 3. The molecule has 0 aromatic heterocycles. The summed E-state index contributed by atoms with van der Waals surface area (Å²) >= 11 is 0. The van der Waals surface area contributed by atoms with E-state index in [2.05, 4.69) is 82.5 Å². The number of nitrogens with one attached hydrogen (secondary N) is 1. The van der Waals surface area contributed by atoms with E-state index in [1.54, 1.807) is 17.7 Å². The molecular weight excluding hydrogens is 488 g/mol. The largest absolute Gasteiger partial charge is 0.299 e. The summed E-state index contributed by atoms with van der Waals surface area (Å²) in [7, 11) is -3.25. The van der Waals surface area contributed by atoms with Crippen LogP contribution in [0, 0.1) is 0 Å². The van der Waals surface area contributed by atoms with Gasteiger partial charge in [0.25, 0.3) is 0 Å². The molecule has 186 valence electrons. The van der Waals surface area contributed by atoms with Gasteiger partial charge >= 0.3 is 0 Å². The second kappa shape index (κ2) is 11.3. The number of hydrogen-bond donors (Lipinski definition) is 1. The smallest absolute Gasteiger partial charge is 0.229 e. The minimum Gasteiger partial charge on any atom is -0.299 e. The molecule has 0 amide bonds. The molecule has 1 aliphatic heterocycles. The van der Waals surface area contributed by atoms with Crippen molar-refractivity contribution in [3.63, 3.8) is 0 Å². The highest BCUT2D eigenvalue weighted by Gasteiger charge is 2.22. The van der Waals surface area contributed by atoms with Crippen LogP contribution >= 0.6 is 12.4 Å². The second-order valence-electron chi connectivity index (χ2n) is 9.19. The third-order valence-corrected chi connectivity index (χ3v) is 7.21. The molecule has 4 nitrogen and oxygen atoms in total. The molecule has 6 heteroatoms. The number of nitrogens with zero attached hydrogens (tertiary/aromatic N) is 1. The quantitative estimate of drug-likeness (QED) is 0.325. The van der Waals surface area contributed by atoms with Gasteiger partial charge in [-0.3, -0.25) is 9.62 Å². The molecule has 0 spiro atoms. The molecule has 0 bridgehead atoms. The zero-order valence-corrected chi connectivity index (χ0v) is 22.0. The fraction of sp³-hybridized carbons (Fsp3) is 0.200. The first kappa shape index (κ1) is 26.0. The first-order valence-corrected chi connectivity index (χ1v) is 13.9. The number of halogens is 1. The molecule has 2 aliphatic rings. The third-order valence-electron chi connectivity index (χ3n) is 6.60. The number of likely N-dealkylation sites (tertiary alicyclic amines) is 1. The van der Waals surface area contributed by atoms with Gasteiger partial charge in [0, 0.05) is 25.3 Å². The van der Waals surface area contributed by atoms with Crippen molar-refractivity contribution in [3.05, 3.63) is 112 Å². The number of rotatable bonds is 5. The van der Waals surface area contributed by atoms with E-state index in [0.717, 1.165) is 44.3 Å². The van der Waals surface area contributed by atoms with Gasteiger partial charge in [-0.05, 0) is 58.4 Å². The van der Waals surface area contributed by atoms with Crippen molar-refractivity contribution >= 4 is 51.9 Å². The molecule has 1 heterocycles. The topological polar surface area (TPSA) is 49.4 Å². The molecule has 1 fully saturated rings. The second-order valence-corrected chi connectivity index (χ2v) is 10.9. The van der Waals surface area contributed by atoms with Crippen molar-refractivity contribution in [1.82, 2.24) is 4.90 Å². The number of fused-ring (bicyclic) bond motifs is 2. The first-order chi connectivity index (χ1) is 17.0. The normalized spacial score (nSPS) is 15.7. The highest BCUT2D eigenvalue weighted by molar-refractivity contribution is 7.92. The molecule has 1 N–H and O–H groups in total. The van der Waals surface area contributed by atoms with Crippen molar-refractivity contribution in [2.75, 3.05) is 30.6 Å². The van der Waals surface area contributed by atoms with Crippen LogP contribution < -0.4 is 4.72 Å². The molecule has 1 aliphatic carbocycles.